The standard InChI is InChI=1S/C11H14BrN3S/c1-8(12)3-5-15(2)11-10-9(4-6-16-10)13-7-14-11/h4,6-8H,3,5H2,1-2H3. The van der Waals surface area contributed by atoms with Gasteiger partial charge in [-0.2, -0.15) is 0 Å². The Kier molecular flexibility index (Phi) is 3.76. The first-order chi connectivity index (χ1) is 7.68. The molecule has 0 saturated heterocycles. The van der Waals surface area contributed by atoms with Crippen molar-refractivity contribution in [2.45, 2.75) is 18.2 Å². The summed E-state index contributed by atoms with van der Waals surface area (Å²) in [4.78, 5) is 11.3. The van der Waals surface area contributed by atoms with Crippen LogP contribution < -0.4 is 4.90 Å². The van der Waals surface area contributed by atoms with Gasteiger partial charge >= 0.3 is 0 Å². The summed E-state index contributed by atoms with van der Waals surface area (Å²) in [6.07, 6.45) is 2.74. The molecule has 2 aromatic rings. The number of anilines is 1. The van der Waals surface area contributed by atoms with Crippen LogP contribution in [-0.4, -0.2) is 28.4 Å². The van der Waals surface area contributed by atoms with Crippen LogP contribution in [0.1, 0.15) is 13.3 Å². The third kappa shape index (κ3) is 2.52. The fraction of sp³-hybridized carbons (Fsp3) is 0.455. The van der Waals surface area contributed by atoms with E-state index in [9.17, 15) is 0 Å². The normalized spacial score (nSPS) is 12.9. The molecule has 0 radical (unpaired) electrons. The van der Waals surface area contributed by atoms with Crippen LogP contribution >= 0.6 is 27.3 Å². The van der Waals surface area contributed by atoms with E-state index < -0.39 is 0 Å². The lowest BCUT2D eigenvalue weighted by Gasteiger charge is -2.19. The minimum absolute atomic E-state index is 0.538. The third-order valence-electron chi connectivity index (χ3n) is 2.45. The van der Waals surface area contributed by atoms with Gasteiger partial charge in [-0.1, -0.05) is 22.9 Å². The monoisotopic (exact) mass is 299 g/mol. The second-order valence-corrected chi connectivity index (χ2v) is 6.30. The van der Waals surface area contributed by atoms with Crippen LogP contribution in [0, 0.1) is 0 Å². The maximum atomic E-state index is 4.37. The molecule has 1 unspecified atom stereocenters. The summed E-state index contributed by atoms with van der Waals surface area (Å²) in [5, 5.41) is 2.06. The second kappa shape index (κ2) is 5.10. The van der Waals surface area contributed by atoms with Gasteiger partial charge < -0.3 is 4.90 Å². The fourth-order valence-corrected chi connectivity index (χ4v) is 2.62. The van der Waals surface area contributed by atoms with Crippen LogP contribution in [0.5, 0.6) is 0 Å². The molecule has 0 aromatic carbocycles. The van der Waals surface area contributed by atoms with Gasteiger partial charge in [0.05, 0.1) is 10.2 Å². The maximum absolute atomic E-state index is 4.37. The molecule has 5 heteroatoms. The summed E-state index contributed by atoms with van der Waals surface area (Å²) in [6, 6.07) is 2.03. The summed E-state index contributed by atoms with van der Waals surface area (Å²) in [5.74, 6) is 1.04. The van der Waals surface area contributed by atoms with E-state index in [-0.39, 0.29) is 0 Å². The Bertz CT molecular complexity index is 469. The first-order valence-corrected chi connectivity index (χ1v) is 7.01. The second-order valence-electron chi connectivity index (χ2n) is 3.82. The van der Waals surface area contributed by atoms with E-state index in [0.717, 1.165) is 24.3 Å². The number of hydrogen-bond acceptors (Lipinski definition) is 4. The van der Waals surface area contributed by atoms with Crippen LogP contribution in [0.2, 0.25) is 0 Å². The highest BCUT2D eigenvalue weighted by molar-refractivity contribution is 9.09. The Morgan fingerprint density at radius 1 is 1.50 bits per heavy atom. The maximum Gasteiger partial charge on any atom is 0.149 e. The van der Waals surface area contributed by atoms with Crippen molar-refractivity contribution in [3.63, 3.8) is 0 Å². The number of fused-ring (bicyclic) bond motifs is 1. The van der Waals surface area contributed by atoms with Crippen molar-refractivity contribution in [3.8, 4) is 0 Å². The van der Waals surface area contributed by atoms with Crippen LogP contribution in [-0.2, 0) is 0 Å². The molecule has 0 amide bonds. The van der Waals surface area contributed by atoms with Crippen LogP contribution in [0.25, 0.3) is 10.2 Å². The molecule has 0 saturated carbocycles. The van der Waals surface area contributed by atoms with Gasteiger partial charge in [0.15, 0.2) is 0 Å². The summed E-state index contributed by atoms with van der Waals surface area (Å²) < 4.78 is 1.17. The zero-order valence-corrected chi connectivity index (χ0v) is 11.8. The van der Waals surface area contributed by atoms with Crippen molar-refractivity contribution >= 4 is 43.3 Å². The highest BCUT2D eigenvalue weighted by Gasteiger charge is 2.09. The van der Waals surface area contributed by atoms with Crippen molar-refractivity contribution in [2.75, 3.05) is 18.5 Å². The van der Waals surface area contributed by atoms with Crippen molar-refractivity contribution in [1.82, 2.24) is 9.97 Å². The molecule has 16 heavy (non-hydrogen) atoms. The molecule has 0 aliphatic carbocycles. The summed E-state index contributed by atoms with van der Waals surface area (Å²) in [5.41, 5.74) is 1.04. The van der Waals surface area contributed by atoms with Gasteiger partial charge in [-0.05, 0) is 17.9 Å². The number of hydrogen-bond donors (Lipinski definition) is 0. The minimum Gasteiger partial charge on any atom is -0.358 e. The zero-order chi connectivity index (χ0) is 11.5. The summed E-state index contributed by atoms with van der Waals surface area (Å²) >= 11 is 5.26. The lowest BCUT2D eigenvalue weighted by Crippen LogP contribution is -2.21. The van der Waals surface area contributed by atoms with E-state index in [1.165, 1.54) is 4.70 Å². The van der Waals surface area contributed by atoms with Crippen molar-refractivity contribution in [2.24, 2.45) is 0 Å². The molecule has 2 aromatic heterocycles. The lowest BCUT2D eigenvalue weighted by molar-refractivity contribution is 0.781. The zero-order valence-electron chi connectivity index (χ0n) is 9.35. The molecule has 86 valence electrons. The van der Waals surface area contributed by atoms with Crippen molar-refractivity contribution < 1.29 is 0 Å². The quantitative estimate of drug-likeness (QED) is 0.811. The van der Waals surface area contributed by atoms with Crippen LogP contribution in [0.4, 0.5) is 5.82 Å². The molecular weight excluding hydrogens is 286 g/mol. The molecule has 2 heterocycles. The largest absolute Gasteiger partial charge is 0.358 e. The van der Waals surface area contributed by atoms with E-state index in [1.54, 1.807) is 17.7 Å². The predicted octanol–water partition coefficient (Wildman–Crippen LogP) is 3.30. The van der Waals surface area contributed by atoms with E-state index >= 15 is 0 Å². The van der Waals surface area contributed by atoms with Gasteiger partial charge in [-0.3, -0.25) is 0 Å². The predicted molar refractivity (Wildman–Crippen MR) is 73.7 cm³/mol. The highest BCUT2D eigenvalue weighted by Crippen LogP contribution is 2.27. The molecule has 0 spiro atoms. The Balaban J connectivity index is 2.22. The molecule has 0 aliphatic heterocycles. The molecule has 3 nitrogen and oxygen atoms in total. The number of rotatable bonds is 4. The van der Waals surface area contributed by atoms with E-state index in [1.807, 2.05) is 6.07 Å². The summed E-state index contributed by atoms with van der Waals surface area (Å²) in [6.45, 7) is 3.16. The Hall–Kier alpha value is -0.680. The lowest BCUT2D eigenvalue weighted by atomic mass is 10.3. The number of aromatic nitrogens is 2. The van der Waals surface area contributed by atoms with E-state index in [4.69, 9.17) is 0 Å². The molecule has 0 bridgehead atoms. The topological polar surface area (TPSA) is 29.0 Å². The van der Waals surface area contributed by atoms with Gasteiger partial charge in [-0.15, -0.1) is 11.3 Å². The molecule has 0 aliphatic rings. The summed E-state index contributed by atoms with van der Waals surface area (Å²) in [7, 11) is 2.08. The van der Waals surface area contributed by atoms with Crippen molar-refractivity contribution in [1.29, 1.82) is 0 Å². The van der Waals surface area contributed by atoms with Crippen LogP contribution in [0.15, 0.2) is 17.8 Å². The van der Waals surface area contributed by atoms with Gasteiger partial charge in [-0.25, -0.2) is 9.97 Å². The number of thiophene rings is 1. The first kappa shape index (κ1) is 11.8. The van der Waals surface area contributed by atoms with Gasteiger partial charge in [0.2, 0.25) is 0 Å². The minimum atomic E-state index is 0.538. The highest BCUT2D eigenvalue weighted by atomic mass is 79.9. The average molecular weight is 300 g/mol. The molecular formula is C11H14BrN3S. The molecule has 1 atom stereocenters. The Morgan fingerprint density at radius 3 is 3.06 bits per heavy atom. The van der Waals surface area contributed by atoms with Crippen molar-refractivity contribution in [3.05, 3.63) is 17.8 Å². The Labute approximate surface area is 108 Å². The van der Waals surface area contributed by atoms with E-state index in [0.29, 0.717) is 4.83 Å². The number of halogens is 1. The Morgan fingerprint density at radius 2 is 2.31 bits per heavy atom. The fourth-order valence-electron chi connectivity index (χ4n) is 1.53. The van der Waals surface area contributed by atoms with E-state index in [2.05, 4.69) is 50.1 Å². The SMILES string of the molecule is CC(Br)CCN(C)c1ncnc2ccsc12. The molecule has 0 N–H and O–H groups in total. The third-order valence-corrected chi connectivity index (χ3v) is 3.81. The smallest absolute Gasteiger partial charge is 0.149 e. The average Bonchev–Trinajstić information content (AvgIpc) is 2.73. The molecule has 0 fully saturated rings. The molecule has 2 rings (SSSR count). The van der Waals surface area contributed by atoms with Crippen LogP contribution in [0.3, 0.4) is 0 Å². The van der Waals surface area contributed by atoms with Gasteiger partial charge in [0, 0.05) is 18.4 Å². The number of nitrogens with zero attached hydrogens (tertiary/aromatic N) is 3. The van der Waals surface area contributed by atoms with Gasteiger partial charge in [0.1, 0.15) is 12.1 Å². The number of alkyl halides is 1. The van der Waals surface area contributed by atoms with Gasteiger partial charge in [0.25, 0.3) is 0 Å². The first-order valence-electron chi connectivity index (χ1n) is 5.22.